The highest BCUT2D eigenvalue weighted by molar-refractivity contribution is 5.91. The Hall–Kier alpha value is -2.30. The van der Waals surface area contributed by atoms with Crippen LogP contribution in [0.2, 0.25) is 0 Å². The fourth-order valence-corrected chi connectivity index (χ4v) is 1.71. The number of aromatic amines is 1. The van der Waals surface area contributed by atoms with Crippen molar-refractivity contribution in [3.63, 3.8) is 0 Å². The zero-order chi connectivity index (χ0) is 12.6. The highest BCUT2D eigenvalue weighted by atomic mass is 16.5. The van der Waals surface area contributed by atoms with E-state index in [1.54, 1.807) is 18.2 Å². The standard InChI is InChI=1S/C12H11NO4/c1-6-10(12(15)16)13-9-5-7(17-2)3-4-8(9)11(6)14/h3-5H,1-2H3,(H,13,14)(H,15,16). The van der Waals surface area contributed by atoms with Gasteiger partial charge in [0, 0.05) is 17.0 Å². The Balaban J connectivity index is 2.86. The number of ether oxygens (including phenoxy) is 1. The molecule has 17 heavy (non-hydrogen) atoms. The molecule has 0 aliphatic rings. The van der Waals surface area contributed by atoms with Crippen LogP contribution >= 0.6 is 0 Å². The third-order valence-corrected chi connectivity index (χ3v) is 2.66. The van der Waals surface area contributed by atoms with Crippen molar-refractivity contribution in [1.29, 1.82) is 0 Å². The number of nitrogens with one attached hydrogen (secondary N) is 1. The average molecular weight is 233 g/mol. The molecule has 88 valence electrons. The Morgan fingerprint density at radius 2 is 2.12 bits per heavy atom. The lowest BCUT2D eigenvalue weighted by Gasteiger charge is -2.06. The lowest BCUT2D eigenvalue weighted by atomic mass is 10.1. The fourth-order valence-electron chi connectivity index (χ4n) is 1.71. The first kappa shape index (κ1) is 11.2. The van der Waals surface area contributed by atoms with E-state index in [0.29, 0.717) is 16.7 Å². The van der Waals surface area contributed by atoms with Crippen LogP contribution < -0.4 is 10.2 Å². The molecule has 0 aliphatic carbocycles. The summed E-state index contributed by atoms with van der Waals surface area (Å²) in [5.74, 6) is -0.585. The van der Waals surface area contributed by atoms with Gasteiger partial charge in [-0.25, -0.2) is 4.79 Å². The van der Waals surface area contributed by atoms with E-state index in [2.05, 4.69) is 4.98 Å². The molecule has 5 nitrogen and oxygen atoms in total. The third kappa shape index (κ3) is 1.75. The number of aromatic nitrogens is 1. The van der Waals surface area contributed by atoms with Gasteiger partial charge in [0.2, 0.25) is 0 Å². The first-order valence-electron chi connectivity index (χ1n) is 4.98. The van der Waals surface area contributed by atoms with Gasteiger partial charge < -0.3 is 14.8 Å². The van der Waals surface area contributed by atoms with Crippen LogP contribution in [0.1, 0.15) is 16.1 Å². The molecule has 2 N–H and O–H groups in total. The number of carboxylic acids is 1. The Labute approximate surface area is 96.7 Å². The largest absolute Gasteiger partial charge is 0.497 e. The van der Waals surface area contributed by atoms with Crippen LogP contribution in [-0.2, 0) is 0 Å². The summed E-state index contributed by atoms with van der Waals surface area (Å²) in [5, 5.41) is 9.43. The minimum Gasteiger partial charge on any atom is -0.497 e. The smallest absolute Gasteiger partial charge is 0.352 e. The number of carboxylic acid groups (broad SMARTS) is 1. The Morgan fingerprint density at radius 1 is 1.41 bits per heavy atom. The molecular formula is C12H11NO4. The highest BCUT2D eigenvalue weighted by Crippen LogP contribution is 2.18. The first-order valence-corrected chi connectivity index (χ1v) is 4.98. The molecule has 0 atom stereocenters. The van der Waals surface area contributed by atoms with E-state index in [0.717, 1.165) is 0 Å². The van der Waals surface area contributed by atoms with Gasteiger partial charge in [-0.15, -0.1) is 0 Å². The van der Waals surface area contributed by atoms with E-state index in [4.69, 9.17) is 9.84 Å². The van der Waals surface area contributed by atoms with Gasteiger partial charge in [-0.1, -0.05) is 0 Å². The molecule has 0 fully saturated rings. The number of aromatic carboxylic acids is 1. The van der Waals surface area contributed by atoms with Crippen LogP contribution in [0.25, 0.3) is 10.9 Å². The monoisotopic (exact) mass is 233 g/mol. The molecule has 0 saturated carbocycles. The summed E-state index contributed by atoms with van der Waals surface area (Å²) in [5.41, 5.74) is 0.294. The van der Waals surface area contributed by atoms with Crippen LogP contribution in [0.15, 0.2) is 23.0 Å². The number of hydrogen-bond donors (Lipinski definition) is 2. The second-order valence-corrected chi connectivity index (χ2v) is 3.67. The normalized spacial score (nSPS) is 10.5. The summed E-state index contributed by atoms with van der Waals surface area (Å²) in [7, 11) is 1.51. The first-order chi connectivity index (χ1) is 8.04. The molecule has 1 aromatic carbocycles. The van der Waals surface area contributed by atoms with Crippen LogP contribution in [-0.4, -0.2) is 23.2 Å². The molecule has 0 amide bonds. The number of methoxy groups -OCH3 is 1. The van der Waals surface area contributed by atoms with E-state index in [-0.39, 0.29) is 16.7 Å². The van der Waals surface area contributed by atoms with Crippen molar-refractivity contribution in [3.8, 4) is 5.75 Å². The predicted molar refractivity (Wildman–Crippen MR) is 62.8 cm³/mol. The fraction of sp³-hybridized carbons (Fsp3) is 0.167. The summed E-state index contributed by atoms with van der Waals surface area (Å²) in [6.45, 7) is 1.49. The molecule has 0 spiro atoms. The number of H-pyrrole nitrogens is 1. The molecular weight excluding hydrogens is 222 g/mol. The lowest BCUT2D eigenvalue weighted by molar-refractivity contribution is 0.0690. The van der Waals surface area contributed by atoms with E-state index >= 15 is 0 Å². The molecule has 0 saturated heterocycles. The van der Waals surface area contributed by atoms with Gasteiger partial charge >= 0.3 is 5.97 Å². The van der Waals surface area contributed by atoms with E-state index in [1.807, 2.05) is 0 Å². The maximum Gasteiger partial charge on any atom is 0.352 e. The maximum absolute atomic E-state index is 11.9. The summed E-state index contributed by atoms with van der Waals surface area (Å²) < 4.78 is 5.02. The van der Waals surface area contributed by atoms with Crippen molar-refractivity contribution in [3.05, 3.63) is 39.7 Å². The van der Waals surface area contributed by atoms with Crippen molar-refractivity contribution < 1.29 is 14.6 Å². The topological polar surface area (TPSA) is 79.4 Å². The van der Waals surface area contributed by atoms with Gasteiger partial charge in [0.25, 0.3) is 0 Å². The van der Waals surface area contributed by atoms with Gasteiger partial charge in [0.1, 0.15) is 11.4 Å². The van der Waals surface area contributed by atoms with Crippen molar-refractivity contribution >= 4 is 16.9 Å². The second kappa shape index (κ2) is 3.93. The zero-order valence-corrected chi connectivity index (χ0v) is 9.40. The molecule has 0 unspecified atom stereocenters. The molecule has 0 aliphatic heterocycles. The minimum atomic E-state index is -1.15. The van der Waals surface area contributed by atoms with Crippen LogP contribution in [0.5, 0.6) is 5.75 Å². The van der Waals surface area contributed by atoms with Crippen LogP contribution in [0, 0.1) is 6.92 Å². The van der Waals surface area contributed by atoms with Gasteiger partial charge in [0.15, 0.2) is 5.43 Å². The van der Waals surface area contributed by atoms with Crippen molar-refractivity contribution in [2.24, 2.45) is 0 Å². The SMILES string of the molecule is COc1ccc2c(=O)c(C)c(C(=O)O)[nH]c2c1. The van der Waals surface area contributed by atoms with Gasteiger partial charge in [-0.2, -0.15) is 0 Å². The molecule has 1 aromatic heterocycles. The maximum atomic E-state index is 11.9. The van der Waals surface area contributed by atoms with Crippen molar-refractivity contribution in [2.75, 3.05) is 7.11 Å². The number of benzene rings is 1. The minimum absolute atomic E-state index is 0.0873. The van der Waals surface area contributed by atoms with Crippen LogP contribution in [0.4, 0.5) is 0 Å². The van der Waals surface area contributed by atoms with Gasteiger partial charge in [-0.05, 0) is 19.1 Å². The summed E-state index contributed by atoms with van der Waals surface area (Å²) >= 11 is 0. The molecule has 1 heterocycles. The molecule has 2 rings (SSSR count). The van der Waals surface area contributed by atoms with E-state index in [9.17, 15) is 9.59 Å². The number of fused-ring (bicyclic) bond motifs is 1. The lowest BCUT2D eigenvalue weighted by Crippen LogP contribution is -2.15. The Bertz CT molecular complexity index is 657. The Kier molecular flexibility index (Phi) is 2.59. The third-order valence-electron chi connectivity index (χ3n) is 2.66. The van der Waals surface area contributed by atoms with E-state index < -0.39 is 5.97 Å². The van der Waals surface area contributed by atoms with Crippen LogP contribution in [0.3, 0.4) is 0 Å². The summed E-state index contributed by atoms with van der Waals surface area (Å²) in [6.07, 6.45) is 0. The van der Waals surface area contributed by atoms with Gasteiger partial charge in [-0.3, -0.25) is 4.79 Å². The summed E-state index contributed by atoms with van der Waals surface area (Å²) in [6, 6.07) is 4.88. The zero-order valence-electron chi connectivity index (χ0n) is 9.40. The highest BCUT2D eigenvalue weighted by Gasteiger charge is 2.13. The number of hydrogen-bond acceptors (Lipinski definition) is 3. The molecule has 5 heteroatoms. The summed E-state index contributed by atoms with van der Waals surface area (Å²) in [4.78, 5) is 25.6. The average Bonchev–Trinajstić information content (AvgIpc) is 2.32. The number of carbonyl (C=O) groups is 1. The van der Waals surface area contributed by atoms with Crippen molar-refractivity contribution in [2.45, 2.75) is 6.92 Å². The molecule has 2 aromatic rings. The quantitative estimate of drug-likeness (QED) is 0.824. The predicted octanol–water partition coefficient (Wildman–Crippen LogP) is 1.54. The van der Waals surface area contributed by atoms with Crippen molar-refractivity contribution in [1.82, 2.24) is 4.98 Å². The second-order valence-electron chi connectivity index (χ2n) is 3.67. The number of rotatable bonds is 2. The van der Waals surface area contributed by atoms with E-state index in [1.165, 1.54) is 14.0 Å². The Morgan fingerprint density at radius 3 is 2.71 bits per heavy atom. The number of pyridine rings is 1. The van der Waals surface area contributed by atoms with Gasteiger partial charge in [0.05, 0.1) is 12.6 Å². The molecule has 0 radical (unpaired) electrons. The molecule has 0 bridgehead atoms.